The van der Waals surface area contributed by atoms with Gasteiger partial charge < -0.3 is 14.9 Å². The first-order valence-electron chi connectivity index (χ1n) is 4.17. The number of hydrogen-bond donors (Lipinski definition) is 2. The molecule has 1 unspecified atom stereocenters. The quantitative estimate of drug-likeness (QED) is 0.535. The topological polar surface area (TPSA) is 83.8 Å². The average Bonchev–Trinajstić information content (AvgIpc) is 2.14. The highest BCUT2D eigenvalue weighted by molar-refractivity contribution is 5.84. The standard InChI is InChI=1S/C6H10O3.C4H6O2/c1-3-6(8)9-4-5(2)7;1-3(2)4(5)6/h3,5,7H,1,4H2,2H3;1H2,2H3,(H,5,6). The fourth-order valence-electron chi connectivity index (χ4n) is 0.262. The first-order chi connectivity index (χ1) is 6.81. The molecule has 0 aliphatic heterocycles. The lowest BCUT2D eigenvalue weighted by atomic mass is 10.4. The summed E-state index contributed by atoms with van der Waals surface area (Å²) in [6.07, 6.45) is 0.455. The van der Waals surface area contributed by atoms with Crippen molar-refractivity contribution in [3.8, 4) is 0 Å². The van der Waals surface area contributed by atoms with Gasteiger partial charge in [-0.15, -0.1) is 0 Å². The van der Waals surface area contributed by atoms with E-state index >= 15 is 0 Å². The van der Waals surface area contributed by atoms with Crippen LogP contribution in [-0.4, -0.2) is 34.9 Å². The zero-order chi connectivity index (χ0) is 12.4. The van der Waals surface area contributed by atoms with Crippen molar-refractivity contribution < 1.29 is 24.5 Å². The lowest BCUT2D eigenvalue weighted by molar-refractivity contribution is -0.140. The molecule has 0 aromatic carbocycles. The lowest BCUT2D eigenvalue weighted by Gasteiger charge is -2.02. The van der Waals surface area contributed by atoms with E-state index in [2.05, 4.69) is 17.9 Å². The maximum Gasteiger partial charge on any atom is 0.330 e. The normalized spacial score (nSPS) is 10.3. The van der Waals surface area contributed by atoms with E-state index in [-0.39, 0.29) is 12.2 Å². The van der Waals surface area contributed by atoms with E-state index in [0.717, 1.165) is 6.08 Å². The van der Waals surface area contributed by atoms with Gasteiger partial charge in [-0.25, -0.2) is 9.59 Å². The van der Waals surface area contributed by atoms with Crippen molar-refractivity contribution in [1.29, 1.82) is 0 Å². The Hall–Kier alpha value is -1.62. The van der Waals surface area contributed by atoms with Crippen molar-refractivity contribution in [3.63, 3.8) is 0 Å². The van der Waals surface area contributed by atoms with Crippen LogP contribution in [0, 0.1) is 0 Å². The predicted molar refractivity (Wildman–Crippen MR) is 55.3 cm³/mol. The number of carbonyl (C=O) groups is 2. The van der Waals surface area contributed by atoms with E-state index in [4.69, 9.17) is 10.2 Å². The smallest absolute Gasteiger partial charge is 0.330 e. The van der Waals surface area contributed by atoms with Crippen LogP contribution in [0.4, 0.5) is 0 Å². The Morgan fingerprint density at radius 3 is 2.13 bits per heavy atom. The van der Waals surface area contributed by atoms with Gasteiger partial charge in [0.1, 0.15) is 6.61 Å². The molecule has 2 N–H and O–H groups in total. The molecule has 0 spiro atoms. The number of aliphatic hydroxyl groups excluding tert-OH is 1. The summed E-state index contributed by atoms with van der Waals surface area (Å²) in [6.45, 7) is 9.35. The molecule has 5 nitrogen and oxygen atoms in total. The highest BCUT2D eigenvalue weighted by Crippen LogP contribution is 1.83. The summed E-state index contributed by atoms with van der Waals surface area (Å²) in [7, 11) is 0. The maximum atomic E-state index is 10.3. The Kier molecular flexibility index (Phi) is 9.45. The predicted octanol–water partition coefficient (Wildman–Crippen LogP) is 0.743. The largest absolute Gasteiger partial charge is 0.478 e. The van der Waals surface area contributed by atoms with Gasteiger partial charge in [-0.3, -0.25) is 0 Å². The summed E-state index contributed by atoms with van der Waals surface area (Å²) in [4.78, 5) is 19.9. The lowest BCUT2D eigenvalue weighted by Crippen LogP contribution is -2.13. The van der Waals surface area contributed by atoms with Gasteiger partial charge in [0.25, 0.3) is 0 Å². The van der Waals surface area contributed by atoms with Gasteiger partial charge >= 0.3 is 11.9 Å². The van der Waals surface area contributed by atoms with Crippen LogP contribution in [0.15, 0.2) is 24.8 Å². The Morgan fingerprint density at radius 1 is 1.53 bits per heavy atom. The van der Waals surface area contributed by atoms with Crippen LogP contribution in [0.3, 0.4) is 0 Å². The second-order valence-electron chi connectivity index (χ2n) is 2.77. The van der Waals surface area contributed by atoms with E-state index in [0.29, 0.717) is 0 Å². The van der Waals surface area contributed by atoms with Crippen LogP contribution < -0.4 is 0 Å². The minimum atomic E-state index is -0.935. The molecule has 0 aliphatic carbocycles. The van der Waals surface area contributed by atoms with Crippen LogP contribution in [0.2, 0.25) is 0 Å². The van der Waals surface area contributed by atoms with Crippen molar-refractivity contribution >= 4 is 11.9 Å². The molecule has 1 atom stereocenters. The first kappa shape index (κ1) is 15.8. The van der Waals surface area contributed by atoms with Crippen molar-refractivity contribution in [1.82, 2.24) is 0 Å². The molecule has 0 bridgehead atoms. The van der Waals surface area contributed by atoms with Crippen LogP contribution in [0.5, 0.6) is 0 Å². The molecular weight excluding hydrogens is 200 g/mol. The molecular formula is C10H16O5. The molecule has 0 radical (unpaired) electrons. The van der Waals surface area contributed by atoms with Crippen LogP contribution >= 0.6 is 0 Å². The maximum absolute atomic E-state index is 10.3. The molecule has 86 valence electrons. The number of rotatable bonds is 4. The number of aliphatic hydroxyl groups is 1. The van der Waals surface area contributed by atoms with Crippen LogP contribution in [-0.2, 0) is 14.3 Å². The van der Waals surface area contributed by atoms with Crippen LogP contribution in [0.1, 0.15) is 13.8 Å². The SMILES string of the molecule is C=C(C)C(=O)O.C=CC(=O)OCC(C)O. The van der Waals surface area contributed by atoms with Gasteiger partial charge in [0.15, 0.2) is 0 Å². The van der Waals surface area contributed by atoms with E-state index in [1.807, 2.05) is 0 Å². The van der Waals surface area contributed by atoms with Crippen molar-refractivity contribution in [3.05, 3.63) is 24.8 Å². The number of hydrogen-bond acceptors (Lipinski definition) is 4. The van der Waals surface area contributed by atoms with E-state index in [1.54, 1.807) is 0 Å². The summed E-state index contributed by atoms with van der Waals surface area (Å²) in [5.74, 6) is -1.44. The minimum Gasteiger partial charge on any atom is -0.478 e. The van der Waals surface area contributed by atoms with E-state index in [1.165, 1.54) is 13.8 Å². The Balaban J connectivity index is 0. The number of carboxylic acid groups (broad SMARTS) is 1. The minimum absolute atomic E-state index is 0.0326. The molecule has 0 heterocycles. The molecule has 0 amide bonds. The monoisotopic (exact) mass is 216 g/mol. The van der Waals surface area contributed by atoms with Gasteiger partial charge in [0, 0.05) is 11.6 Å². The molecule has 5 heteroatoms. The summed E-state index contributed by atoms with van der Waals surface area (Å²) in [6, 6.07) is 0. The molecule has 0 rings (SSSR count). The molecule has 0 aromatic heterocycles. The second kappa shape index (κ2) is 8.96. The van der Waals surface area contributed by atoms with Gasteiger partial charge in [0.2, 0.25) is 0 Å². The number of carboxylic acids is 1. The van der Waals surface area contributed by atoms with Crippen molar-refractivity contribution in [2.75, 3.05) is 6.61 Å². The summed E-state index contributed by atoms with van der Waals surface area (Å²) < 4.78 is 4.45. The van der Waals surface area contributed by atoms with Gasteiger partial charge in [0.05, 0.1) is 6.10 Å². The first-order valence-corrected chi connectivity index (χ1v) is 4.17. The molecule has 0 saturated carbocycles. The second-order valence-corrected chi connectivity index (χ2v) is 2.77. The zero-order valence-corrected chi connectivity index (χ0v) is 8.90. The zero-order valence-electron chi connectivity index (χ0n) is 8.90. The van der Waals surface area contributed by atoms with Gasteiger partial charge in [-0.05, 0) is 13.8 Å². The molecule has 15 heavy (non-hydrogen) atoms. The van der Waals surface area contributed by atoms with Crippen molar-refractivity contribution in [2.24, 2.45) is 0 Å². The van der Waals surface area contributed by atoms with Crippen molar-refractivity contribution in [2.45, 2.75) is 20.0 Å². The third-order valence-corrected chi connectivity index (χ3v) is 0.999. The Labute approximate surface area is 88.7 Å². The van der Waals surface area contributed by atoms with Gasteiger partial charge in [-0.1, -0.05) is 13.2 Å². The summed E-state index contributed by atoms with van der Waals surface area (Å²) in [5, 5.41) is 16.5. The average molecular weight is 216 g/mol. The Bertz CT molecular complexity index is 230. The highest BCUT2D eigenvalue weighted by Gasteiger charge is 1.98. The Morgan fingerprint density at radius 2 is 1.93 bits per heavy atom. The summed E-state index contributed by atoms with van der Waals surface area (Å²) >= 11 is 0. The van der Waals surface area contributed by atoms with E-state index in [9.17, 15) is 9.59 Å². The third-order valence-electron chi connectivity index (χ3n) is 0.999. The molecule has 0 aromatic rings. The fourth-order valence-corrected chi connectivity index (χ4v) is 0.262. The number of esters is 1. The molecule has 0 aliphatic rings. The van der Waals surface area contributed by atoms with Crippen LogP contribution in [0.25, 0.3) is 0 Å². The number of ether oxygens (including phenoxy) is 1. The van der Waals surface area contributed by atoms with E-state index < -0.39 is 18.0 Å². The summed E-state index contributed by atoms with van der Waals surface area (Å²) in [5.41, 5.74) is 0.176. The molecule has 0 fully saturated rings. The number of carbonyl (C=O) groups excluding carboxylic acids is 1. The highest BCUT2D eigenvalue weighted by atomic mass is 16.5. The molecule has 0 saturated heterocycles. The fraction of sp³-hybridized carbons (Fsp3) is 0.400. The third kappa shape index (κ3) is 15.2. The number of aliphatic carboxylic acids is 1. The van der Waals surface area contributed by atoms with Gasteiger partial charge in [-0.2, -0.15) is 0 Å².